The number of rotatable bonds is 5. The molecule has 0 N–H and O–H groups in total. The molecule has 1 aromatic heterocycles. The van der Waals surface area contributed by atoms with Gasteiger partial charge in [0.15, 0.2) is 6.61 Å². The van der Waals surface area contributed by atoms with Crippen LogP contribution in [-0.4, -0.2) is 30.8 Å². The summed E-state index contributed by atoms with van der Waals surface area (Å²) in [6, 6.07) is 8.39. The minimum atomic E-state index is -0.640. The Balaban J connectivity index is 1.63. The largest absolute Gasteiger partial charge is 0.457 e. The van der Waals surface area contributed by atoms with Crippen LogP contribution in [0.4, 0.5) is 5.69 Å². The third-order valence-corrected chi connectivity index (χ3v) is 5.54. The summed E-state index contributed by atoms with van der Waals surface area (Å²) in [6.07, 6.45) is 0.00880. The average molecular weight is 398 g/mol. The zero-order chi connectivity index (χ0) is 18.0. The molecule has 1 aliphatic heterocycles. The summed E-state index contributed by atoms with van der Waals surface area (Å²) >= 11 is 13.4. The van der Waals surface area contributed by atoms with Gasteiger partial charge in [-0.25, -0.2) is 0 Å². The summed E-state index contributed by atoms with van der Waals surface area (Å²) < 4.78 is 5.08. The molecule has 1 aromatic carbocycles. The third kappa shape index (κ3) is 3.86. The highest BCUT2D eigenvalue weighted by Gasteiger charge is 2.37. The molecule has 5 nitrogen and oxygen atoms in total. The van der Waals surface area contributed by atoms with Crippen LogP contribution in [0.5, 0.6) is 0 Å². The Kier molecular flexibility index (Phi) is 5.42. The van der Waals surface area contributed by atoms with Crippen molar-refractivity contribution in [1.82, 2.24) is 0 Å². The smallest absolute Gasteiger partial charge is 0.311 e. The number of nitrogens with zero attached hydrogens (tertiary/aromatic N) is 1. The number of ether oxygens (including phenoxy) is 1. The van der Waals surface area contributed by atoms with Gasteiger partial charge in [-0.2, -0.15) is 0 Å². The van der Waals surface area contributed by atoms with Crippen molar-refractivity contribution in [3.63, 3.8) is 0 Å². The number of halogens is 2. The predicted octanol–water partition coefficient (Wildman–Crippen LogP) is 3.83. The van der Waals surface area contributed by atoms with Crippen LogP contribution < -0.4 is 4.90 Å². The Labute approximate surface area is 158 Å². The summed E-state index contributed by atoms with van der Waals surface area (Å²) in [5.74, 6) is -1.71. The number of anilines is 1. The fourth-order valence-corrected chi connectivity index (χ4v) is 3.61. The van der Waals surface area contributed by atoms with Crippen molar-refractivity contribution in [1.29, 1.82) is 0 Å². The minimum Gasteiger partial charge on any atom is -0.457 e. The molecule has 0 radical (unpaired) electrons. The lowest BCUT2D eigenvalue weighted by Gasteiger charge is -2.18. The molecule has 0 saturated carbocycles. The maximum atomic E-state index is 12.2. The number of amides is 1. The van der Waals surface area contributed by atoms with E-state index in [1.165, 1.54) is 16.2 Å². The molecule has 1 saturated heterocycles. The van der Waals surface area contributed by atoms with E-state index in [1.54, 1.807) is 35.7 Å². The van der Waals surface area contributed by atoms with E-state index in [0.29, 0.717) is 15.6 Å². The van der Waals surface area contributed by atoms with Crippen LogP contribution in [-0.2, 0) is 14.3 Å². The van der Waals surface area contributed by atoms with Crippen LogP contribution in [0.1, 0.15) is 16.1 Å². The van der Waals surface area contributed by atoms with Gasteiger partial charge in [0, 0.05) is 13.0 Å². The van der Waals surface area contributed by atoms with E-state index in [1.807, 2.05) is 0 Å². The molecule has 1 amide bonds. The maximum Gasteiger partial charge on any atom is 0.311 e. The summed E-state index contributed by atoms with van der Waals surface area (Å²) in [4.78, 5) is 38.2. The Bertz CT molecular complexity index is 822. The van der Waals surface area contributed by atoms with Gasteiger partial charge in [0.25, 0.3) is 0 Å². The second kappa shape index (κ2) is 7.56. The van der Waals surface area contributed by atoms with Gasteiger partial charge < -0.3 is 9.64 Å². The van der Waals surface area contributed by atoms with E-state index in [9.17, 15) is 14.4 Å². The average Bonchev–Trinajstić information content (AvgIpc) is 3.25. The number of carbonyl (C=O) groups is 3. The van der Waals surface area contributed by atoms with Crippen molar-refractivity contribution in [3.8, 4) is 0 Å². The molecular weight excluding hydrogens is 385 g/mol. The van der Waals surface area contributed by atoms with E-state index in [-0.39, 0.29) is 36.3 Å². The van der Waals surface area contributed by atoms with Crippen LogP contribution in [0.3, 0.4) is 0 Å². The number of thiophene rings is 1. The first kappa shape index (κ1) is 17.9. The quantitative estimate of drug-likeness (QED) is 0.567. The summed E-state index contributed by atoms with van der Waals surface area (Å²) in [6.45, 7) is -0.188. The van der Waals surface area contributed by atoms with E-state index in [2.05, 4.69) is 0 Å². The zero-order valence-electron chi connectivity index (χ0n) is 12.9. The molecule has 1 atom stereocenters. The van der Waals surface area contributed by atoms with Crippen molar-refractivity contribution < 1.29 is 19.1 Å². The molecule has 2 heterocycles. The fourth-order valence-electron chi connectivity index (χ4n) is 2.56. The zero-order valence-corrected chi connectivity index (χ0v) is 15.2. The van der Waals surface area contributed by atoms with Crippen molar-refractivity contribution in [2.75, 3.05) is 18.1 Å². The first-order valence-electron chi connectivity index (χ1n) is 7.45. The second-order valence-electron chi connectivity index (χ2n) is 5.49. The Morgan fingerprint density at radius 3 is 2.76 bits per heavy atom. The molecule has 130 valence electrons. The van der Waals surface area contributed by atoms with Crippen LogP contribution >= 0.6 is 34.5 Å². The predicted molar refractivity (Wildman–Crippen MR) is 96.5 cm³/mol. The van der Waals surface area contributed by atoms with Crippen LogP contribution in [0.25, 0.3) is 0 Å². The maximum absolute atomic E-state index is 12.2. The van der Waals surface area contributed by atoms with E-state index in [0.717, 1.165) is 0 Å². The number of carbonyl (C=O) groups excluding carboxylic acids is 3. The van der Waals surface area contributed by atoms with E-state index in [4.69, 9.17) is 27.9 Å². The Morgan fingerprint density at radius 1 is 1.24 bits per heavy atom. The third-order valence-electron chi connectivity index (χ3n) is 3.82. The summed E-state index contributed by atoms with van der Waals surface area (Å²) in [5.41, 5.74) is 0.462. The van der Waals surface area contributed by atoms with Gasteiger partial charge in [0.05, 0.1) is 26.5 Å². The van der Waals surface area contributed by atoms with Crippen molar-refractivity contribution in [2.45, 2.75) is 6.42 Å². The molecule has 3 rings (SSSR count). The molecule has 0 bridgehead atoms. The fraction of sp³-hybridized carbons (Fsp3) is 0.235. The normalized spacial score (nSPS) is 17.0. The lowest BCUT2D eigenvalue weighted by Crippen LogP contribution is -2.27. The standard InChI is InChI=1S/C17H13Cl2NO4S/c18-11-3-1-4-12(16(11)19)20-8-10(7-15(20)22)17(23)24-9-13(21)14-5-2-6-25-14/h1-6,10H,7-9H2/t10-/m1/s1. The van der Waals surface area contributed by atoms with E-state index < -0.39 is 11.9 Å². The highest BCUT2D eigenvalue weighted by Crippen LogP contribution is 2.35. The first-order chi connectivity index (χ1) is 12.0. The van der Waals surface area contributed by atoms with Gasteiger partial charge in [-0.05, 0) is 23.6 Å². The minimum absolute atomic E-state index is 0.00880. The topological polar surface area (TPSA) is 63.7 Å². The van der Waals surface area contributed by atoms with Crippen LogP contribution in [0.15, 0.2) is 35.7 Å². The molecule has 0 spiro atoms. The number of ketones is 1. The molecule has 0 unspecified atom stereocenters. The second-order valence-corrected chi connectivity index (χ2v) is 7.22. The number of hydrogen-bond acceptors (Lipinski definition) is 5. The summed E-state index contributed by atoms with van der Waals surface area (Å²) in [5, 5.41) is 2.37. The highest BCUT2D eigenvalue weighted by molar-refractivity contribution is 7.12. The van der Waals surface area contributed by atoms with Gasteiger partial charge in [0.2, 0.25) is 11.7 Å². The lowest BCUT2D eigenvalue weighted by molar-refractivity contribution is -0.147. The van der Waals surface area contributed by atoms with Gasteiger partial charge in [-0.3, -0.25) is 14.4 Å². The molecular formula is C17H13Cl2NO4S. The van der Waals surface area contributed by atoms with Gasteiger partial charge in [-0.1, -0.05) is 35.3 Å². The lowest BCUT2D eigenvalue weighted by atomic mass is 10.1. The van der Waals surface area contributed by atoms with Crippen LogP contribution in [0.2, 0.25) is 10.0 Å². The van der Waals surface area contributed by atoms with Gasteiger partial charge in [0.1, 0.15) is 0 Å². The van der Waals surface area contributed by atoms with Crippen LogP contribution in [0, 0.1) is 5.92 Å². The van der Waals surface area contributed by atoms with Crippen molar-refractivity contribution in [3.05, 3.63) is 50.6 Å². The molecule has 25 heavy (non-hydrogen) atoms. The van der Waals surface area contributed by atoms with Crippen molar-refractivity contribution >= 4 is 57.9 Å². The first-order valence-corrected chi connectivity index (χ1v) is 9.08. The number of hydrogen-bond donors (Lipinski definition) is 0. The Hall–Kier alpha value is -1.89. The highest BCUT2D eigenvalue weighted by atomic mass is 35.5. The molecule has 2 aromatic rings. The monoisotopic (exact) mass is 397 g/mol. The molecule has 1 fully saturated rings. The summed E-state index contributed by atoms with van der Waals surface area (Å²) in [7, 11) is 0. The number of Topliss-reactive ketones (excluding diaryl/α,β-unsaturated/α-hetero) is 1. The van der Waals surface area contributed by atoms with Gasteiger partial charge in [-0.15, -0.1) is 11.3 Å². The Morgan fingerprint density at radius 2 is 2.04 bits per heavy atom. The van der Waals surface area contributed by atoms with Crippen molar-refractivity contribution in [2.24, 2.45) is 5.92 Å². The molecule has 1 aliphatic rings. The molecule has 8 heteroatoms. The SMILES string of the molecule is O=C(COC(=O)[C@@H]1CC(=O)N(c2cccc(Cl)c2Cl)C1)c1cccs1. The number of benzene rings is 1. The van der Waals surface area contributed by atoms with E-state index >= 15 is 0 Å². The molecule has 0 aliphatic carbocycles. The van der Waals surface area contributed by atoms with Gasteiger partial charge >= 0.3 is 5.97 Å². The number of esters is 1.